The van der Waals surface area contributed by atoms with Crippen molar-refractivity contribution in [1.29, 1.82) is 0 Å². The summed E-state index contributed by atoms with van der Waals surface area (Å²) in [6.07, 6.45) is 8.09. The van der Waals surface area contributed by atoms with Gasteiger partial charge in [-0.15, -0.1) is 0 Å². The molecule has 1 unspecified atom stereocenters. The number of carbonyl (C=O) groups excluding carboxylic acids is 1. The van der Waals surface area contributed by atoms with E-state index in [1.54, 1.807) is 41.4 Å². The fraction of sp³-hybridized carbons (Fsp3) is 0.316. The van der Waals surface area contributed by atoms with Gasteiger partial charge < -0.3 is 14.8 Å². The van der Waals surface area contributed by atoms with E-state index in [-0.39, 0.29) is 13.4 Å². The molecule has 150 valence electrons. The summed E-state index contributed by atoms with van der Waals surface area (Å²) in [5, 5.41) is 3.12. The molecule has 5 heterocycles. The fourth-order valence-corrected chi connectivity index (χ4v) is 3.59. The molecular weight excluding hydrogens is 374 g/mol. The summed E-state index contributed by atoms with van der Waals surface area (Å²) < 4.78 is 13.0. The van der Waals surface area contributed by atoms with Gasteiger partial charge >= 0.3 is 0 Å². The number of nitrogens with zero attached hydrogens (tertiary/aromatic N) is 6. The molecule has 0 spiro atoms. The van der Waals surface area contributed by atoms with Crippen molar-refractivity contribution in [2.24, 2.45) is 0 Å². The minimum atomic E-state index is 0. The Kier molecular flexibility index (Phi) is 4.04. The lowest BCUT2D eigenvalue weighted by Gasteiger charge is -2.30. The van der Waals surface area contributed by atoms with E-state index < -0.39 is 0 Å². The van der Waals surface area contributed by atoms with Gasteiger partial charge in [0.05, 0.1) is 36.9 Å². The number of carbonyl (C=O) groups is 1. The summed E-state index contributed by atoms with van der Waals surface area (Å²) in [5.41, 5.74) is 1.54. The summed E-state index contributed by atoms with van der Waals surface area (Å²) >= 11 is 0. The topological polar surface area (TPSA) is 107 Å². The number of amides is 1. The van der Waals surface area contributed by atoms with E-state index in [2.05, 4.69) is 25.3 Å². The van der Waals surface area contributed by atoms with E-state index in [1.165, 1.54) is 0 Å². The molecule has 0 aliphatic carbocycles. The Morgan fingerprint density at radius 1 is 1.28 bits per heavy atom. The smallest absolute Gasteiger partial charge is 0.229 e. The predicted molar refractivity (Wildman–Crippen MR) is 106 cm³/mol. The maximum absolute atomic E-state index is 12.3. The Bertz CT molecular complexity index is 1100. The molecule has 5 rings (SSSR count). The molecule has 10 heteroatoms. The lowest BCUT2D eigenvalue weighted by molar-refractivity contribution is -0.117. The highest BCUT2D eigenvalue weighted by Gasteiger charge is 2.38. The summed E-state index contributed by atoms with van der Waals surface area (Å²) in [7, 11) is 1.58. The molecular formula is C19H21N7O3. The van der Waals surface area contributed by atoms with Crippen LogP contribution in [0.5, 0.6) is 11.5 Å². The molecule has 0 aromatic carbocycles. The van der Waals surface area contributed by atoms with Crippen LogP contribution in [0.15, 0.2) is 31.0 Å². The third-order valence-electron chi connectivity index (χ3n) is 4.99. The standard InChI is InChI=1S/C19H19N7O3.H2/c1-11-8-25(10-22-11)17-14(28-2)5-12(6-20-17)23-19-21-7-15-18(24-19)26-13(9-29-15)3-4-16(26)27;/h5-8,10,13H,3-4,9H2,1-2H3,(H,21,23,24);1H. The van der Waals surface area contributed by atoms with Gasteiger partial charge in [-0.3, -0.25) is 14.3 Å². The van der Waals surface area contributed by atoms with Crippen LogP contribution in [0, 0.1) is 6.92 Å². The number of pyridine rings is 1. The molecule has 10 nitrogen and oxygen atoms in total. The first-order chi connectivity index (χ1) is 14.1. The highest BCUT2D eigenvalue weighted by molar-refractivity contribution is 5.97. The Morgan fingerprint density at radius 3 is 2.97 bits per heavy atom. The van der Waals surface area contributed by atoms with Crippen LogP contribution in [0.3, 0.4) is 0 Å². The van der Waals surface area contributed by atoms with Gasteiger partial charge in [0.2, 0.25) is 11.9 Å². The quantitative estimate of drug-likeness (QED) is 0.717. The van der Waals surface area contributed by atoms with Gasteiger partial charge in [0, 0.05) is 20.1 Å². The third-order valence-corrected chi connectivity index (χ3v) is 4.99. The number of hydrogen-bond acceptors (Lipinski definition) is 8. The number of anilines is 3. The monoisotopic (exact) mass is 395 g/mol. The predicted octanol–water partition coefficient (Wildman–Crippen LogP) is 2.25. The molecule has 0 radical (unpaired) electrons. The van der Waals surface area contributed by atoms with Crippen molar-refractivity contribution < 1.29 is 15.7 Å². The van der Waals surface area contributed by atoms with Crippen molar-refractivity contribution in [2.75, 3.05) is 23.9 Å². The highest BCUT2D eigenvalue weighted by Crippen LogP contribution is 2.37. The van der Waals surface area contributed by atoms with Crippen LogP contribution in [-0.4, -0.2) is 50.2 Å². The summed E-state index contributed by atoms with van der Waals surface area (Å²) in [6, 6.07) is 1.85. The molecule has 29 heavy (non-hydrogen) atoms. The maximum Gasteiger partial charge on any atom is 0.229 e. The van der Waals surface area contributed by atoms with E-state index in [4.69, 9.17) is 9.47 Å². The first-order valence-corrected chi connectivity index (χ1v) is 9.26. The number of aryl methyl sites for hydroxylation is 1. The minimum Gasteiger partial charge on any atom is -0.493 e. The second-order valence-electron chi connectivity index (χ2n) is 6.95. The molecule has 0 bridgehead atoms. The molecule has 1 saturated heterocycles. The Morgan fingerprint density at radius 2 is 2.17 bits per heavy atom. The Balaban J connectivity index is 0.00000218. The van der Waals surface area contributed by atoms with E-state index in [1.807, 2.05) is 13.1 Å². The van der Waals surface area contributed by atoms with Crippen LogP contribution >= 0.6 is 0 Å². The zero-order valence-corrected chi connectivity index (χ0v) is 16.0. The van der Waals surface area contributed by atoms with Gasteiger partial charge in [-0.05, 0) is 13.3 Å². The van der Waals surface area contributed by atoms with Gasteiger partial charge in [0.25, 0.3) is 0 Å². The van der Waals surface area contributed by atoms with Gasteiger partial charge in [0.1, 0.15) is 12.9 Å². The summed E-state index contributed by atoms with van der Waals surface area (Å²) in [4.78, 5) is 31.5. The number of imidazole rings is 1. The number of hydrogen-bond donors (Lipinski definition) is 1. The number of nitrogens with one attached hydrogen (secondary N) is 1. The van der Waals surface area contributed by atoms with Crippen LogP contribution in [0.1, 0.15) is 20.0 Å². The normalized spacial score (nSPS) is 17.5. The second kappa shape index (κ2) is 6.73. The molecule has 2 aliphatic rings. The van der Waals surface area contributed by atoms with Crippen LogP contribution in [0.2, 0.25) is 0 Å². The Labute approximate surface area is 168 Å². The lowest BCUT2D eigenvalue weighted by Crippen LogP contribution is -2.41. The maximum atomic E-state index is 12.3. The first kappa shape index (κ1) is 17.4. The van der Waals surface area contributed by atoms with Crippen molar-refractivity contribution >= 4 is 23.4 Å². The molecule has 1 N–H and O–H groups in total. The van der Waals surface area contributed by atoms with Crippen molar-refractivity contribution in [1.82, 2.24) is 24.5 Å². The van der Waals surface area contributed by atoms with Gasteiger partial charge in [-0.25, -0.2) is 15.0 Å². The molecule has 0 saturated carbocycles. The lowest BCUT2D eigenvalue weighted by atomic mass is 10.2. The zero-order chi connectivity index (χ0) is 20.0. The SMILES string of the molecule is COc1cc(Nc2ncc3c(n2)N2C(=O)CCC2CO3)cnc1-n1cnc(C)c1.[HH]. The number of methoxy groups -OCH3 is 1. The molecule has 1 amide bonds. The number of aromatic nitrogens is 5. The first-order valence-electron chi connectivity index (χ1n) is 9.26. The minimum absolute atomic E-state index is 0. The second-order valence-corrected chi connectivity index (χ2v) is 6.95. The van der Waals surface area contributed by atoms with Crippen LogP contribution < -0.4 is 19.7 Å². The van der Waals surface area contributed by atoms with Gasteiger partial charge in [-0.1, -0.05) is 0 Å². The molecule has 1 atom stereocenters. The van der Waals surface area contributed by atoms with E-state index in [0.717, 1.165) is 12.1 Å². The zero-order valence-electron chi connectivity index (χ0n) is 16.0. The van der Waals surface area contributed by atoms with Crippen LogP contribution in [-0.2, 0) is 4.79 Å². The van der Waals surface area contributed by atoms with Crippen molar-refractivity contribution in [3.8, 4) is 17.3 Å². The van der Waals surface area contributed by atoms with Crippen LogP contribution in [0.25, 0.3) is 5.82 Å². The number of rotatable bonds is 4. The highest BCUT2D eigenvalue weighted by atomic mass is 16.5. The van der Waals surface area contributed by atoms with Crippen molar-refractivity contribution in [3.63, 3.8) is 0 Å². The average Bonchev–Trinajstić information content (AvgIpc) is 3.33. The van der Waals surface area contributed by atoms with E-state index >= 15 is 0 Å². The van der Waals surface area contributed by atoms with Crippen molar-refractivity contribution in [2.45, 2.75) is 25.8 Å². The largest absolute Gasteiger partial charge is 0.493 e. The molecule has 3 aromatic heterocycles. The summed E-state index contributed by atoms with van der Waals surface area (Å²) in [5.74, 6) is 2.64. The molecule has 3 aromatic rings. The summed E-state index contributed by atoms with van der Waals surface area (Å²) in [6.45, 7) is 2.39. The number of ether oxygens (including phenoxy) is 2. The van der Waals surface area contributed by atoms with Gasteiger partial charge in [0.15, 0.2) is 23.1 Å². The Hall–Kier alpha value is -3.69. The molecule has 1 fully saturated rings. The van der Waals surface area contributed by atoms with E-state index in [9.17, 15) is 4.79 Å². The van der Waals surface area contributed by atoms with Crippen molar-refractivity contribution in [3.05, 3.63) is 36.7 Å². The van der Waals surface area contributed by atoms with Gasteiger partial charge in [-0.2, -0.15) is 4.98 Å². The fourth-order valence-electron chi connectivity index (χ4n) is 3.59. The third kappa shape index (κ3) is 3.02. The van der Waals surface area contributed by atoms with Crippen LogP contribution in [0.4, 0.5) is 17.5 Å². The average molecular weight is 395 g/mol. The molecule has 2 aliphatic heterocycles. The number of fused-ring (bicyclic) bond motifs is 3. The van der Waals surface area contributed by atoms with E-state index in [0.29, 0.717) is 47.8 Å².